The van der Waals surface area contributed by atoms with Crippen molar-refractivity contribution in [2.75, 3.05) is 69.9 Å². The zero-order chi connectivity index (χ0) is 46.0. The van der Waals surface area contributed by atoms with Crippen LogP contribution in [0.4, 0.5) is 0 Å². The molecule has 14 heteroatoms. The van der Waals surface area contributed by atoms with Crippen LogP contribution in [0.3, 0.4) is 0 Å². The molecular weight excluding hydrogens is 805 g/mol. The monoisotopic (exact) mass is 864 g/mol. The van der Waals surface area contributed by atoms with E-state index < -0.39 is 23.1 Å². The molecular formula is C49H60N4O10. The number of carbonyl (C=O) groups is 1. The van der Waals surface area contributed by atoms with Crippen molar-refractivity contribution in [2.24, 2.45) is 5.92 Å². The number of aromatic nitrogens is 2. The van der Waals surface area contributed by atoms with Gasteiger partial charge in [-0.15, -0.1) is 0 Å². The highest BCUT2D eigenvalue weighted by atomic mass is 16.6. The van der Waals surface area contributed by atoms with Crippen LogP contribution in [0.15, 0.2) is 103 Å². The van der Waals surface area contributed by atoms with Gasteiger partial charge in [0.05, 0.1) is 60.2 Å². The van der Waals surface area contributed by atoms with Crippen molar-refractivity contribution in [3.05, 3.63) is 125 Å². The van der Waals surface area contributed by atoms with Crippen LogP contribution in [0.2, 0.25) is 0 Å². The number of hydrogen-bond acceptors (Lipinski definition) is 13. The zero-order valence-electron chi connectivity index (χ0n) is 37.9. The Kier molecular flexibility index (Phi) is 18.4. The Bertz CT molecular complexity index is 2170. The fourth-order valence-electron chi connectivity index (χ4n) is 7.47. The van der Waals surface area contributed by atoms with Crippen molar-refractivity contribution in [1.82, 2.24) is 14.9 Å². The minimum Gasteiger partial charge on any atom is -0.493 e. The largest absolute Gasteiger partial charge is 0.493 e. The maximum Gasteiger partial charge on any atom is 0.348 e. The van der Waals surface area contributed by atoms with Crippen molar-refractivity contribution in [2.45, 2.75) is 50.2 Å². The third-order valence-corrected chi connectivity index (χ3v) is 11.0. The van der Waals surface area contributed by atoms with Gasteiger partial charge < -0.3 is 47.9 Å². The molecule has 0 amide bonds. The first-order valence-corrected chi connectivity index (χ1v) is 20.5. The van der Waals surface area contributed by atoms with Crippen LogP contribution in [0, 0.1) is 17.2 Å². The van der Waals surface area contributed by atoms with Crippen molar-refractivity contribution >= 4 is 5.97 Å². The molecule has 4 aromatic carbocycles. The molecule has 0 fully saturated rings. The second kappa shape index (κ2) is 23.6. The molecule has 0 spiro atoms. The van der Waals surface area contributed by atoms with Gasteiger partial charge in [-0.2, -0.15) is 15.2 Å². The third-order valence-electron chi connectivity index (χ3n) is 11.0. The number of hydrogen-bond donors (Lipinski definition) is 1. The molecule has 0 saturated carbocycles. The maximum atomic E-state index is 12.4. The molecule has 0 bridgehead atoms. The number of benzene rings is 4. The summed E-state index contributed by atoms with van der Waals surface area (Å²) < 4.78 is 43.6. The van der Waals surface area contributed by atoms with E-state index in [1.165, 1.54) is 33.0 Å². The first-order chi connectivity index (χ1) is 30.4. The molecule has 14 nitrogen and oxygen atoms in total. The fraction of sp³-hybridized carbons (Fsp3) is 0.388. The van der Waals surface area contributed by atoms with Crippen LogP contribution in [-0.2, 0) is 27.0 Å². The Morgan fingerprint density at radius 1 is 0.683 bits per heavy atom. The predicted molar refractivity (Wildman–Crippen MR) is 240 cm³/mol. The number of rotatable bonds is 22. The summed E-state index contributed by atoms with van der Waals surface area (Å²) in [7, 11) is 13.0. The van der Waals surface area contributed by atoms with Gasteiger partial charge in [-0.25, -0.2) is 4.79 Å². The Balaban J connectivity index is 0.000000278. The van der Waals surface area contributed by atoms with Gasteiger partial charge in [0.15, 0.2) is 28.6 Å². The summed E-state index contributed by atoms with van der Waals surface area (Å²) in [4.78, 5) is 23.0. The second-order valence-electron chi connectivity index (χ2n) is 14.9. The summed E-state index contributed by atoms with van der Waals surface area (Å²) in [5.41, 5.74) is 1.32. The van der Waals surface area contributed by atoms with Crippen molar-refractivity contribution < 1.29 is 47.8 Å². The SMILES string of the molecule is COc1cc(OC)nc(O[C@H](C(=O)O)C(OC)(c2ccccc2)c2ccccc2)n1.COc1ccc(CCN(C)CCCC(C#N)(c2ccc(OC)c(OC)c2)C(C)C)cc1OC. The van der Waals surface area contributed by atoms with E-state index >= 15 is 0 Å². The lowest BCUT2D eigenvalue weighted by Gasteiger charge is -2.37. The first kappa shape index (κ1) is 49.1. The summed E-state index contributed by atoms with van der Waals surface area (Å²) in [6.45, 7) is 6.06. The summed E-state index contributed by atoms with van der Waals surface area (Å²) in [6, 6.07) is 33.8. The van der Waals surface area contributed by atoms with E-state index in [2.05, 4.69) is 47.9 Å². The van der Waals surface area contributed by atoms with Gasteiger partial charge in [-0.1, -0.05) is 86.6 Å². The van der Waals surface area contributed by atoms with Gasteiger partial charge in [0.1, 0.15) is 0 Å². The lowest BCUT2D eigenvalue weighted by Crippen LogP contribution is -2.50. The molecule has 1 aromatic heterocycles. The van der Waals surface area contributed by atoms with Crippen LogP contribution >= 0.6 is 0 Å². The number of carboxylic acids is 1. The lowest BCUT2D eigenvalue weighted by atomic mass is 9.69. The molecule has 0 saturated heterocycles. The number of likely N-dealkylation sites (N-methyl/N-ethyl adjacent to an activating group) is 1. The minimum absolute atomic E-state index is 0.165. The van der Waals surface area contributed by atoms with Crippen LogP contribution in [0.25, 0.3) is 0 Å². The highest BCUT2D eigenvalue weighted by Crippen LogP contribution is 2.41. The molecule has 1 heterocycles. The number of nitrogens with zero attached hydrogens (tertiary/aromatic N) is 4. The summed E-state index contributed by atoms with van der Waals surface area (Å²) >= 11 is 0. The van der Waals surface area contributed by atoms with Crippen molar-refractivity contribution in [3.63, 3.8) is 0 Å². The van der Waals surface area contributed by atoms with Crippen molar-refractivity contribution in [3.8, 4) is 46.8 Å². The van der Waals surface area contributed by atoms with Gasteiger partial charge in [-0.3, -0.25) is 0 Å². The van der Waals surface area contributed by atoms with E-state index in [9.17, 15) is 15.2 Å². The van der Waals surface area contributed by atoms with E-state index in [1.807, 2.05) is 42.5 Å². The van der Waals surface area contributed by atoms with E-state index in [4.69, 9.17) is 37.9 Å². The topological polar surface area (TPSA) is 164 Å². The van der Waals surface area contributed by atoms with E-state index in [-0.39, 0.29) is 23.7 Å². The predicted octanol–water partition coefficient (Wildman–Crippen LogP) is 8.01. The van der Waals surface area contributed by atoms with E-state index in [0.717, 1.165) is 49.4 Å². The smallest absolute Gasteiger partial charge is 0.348 e. The average molecular weight is 865 g/mol. The molecule has 0 aliphatic carbocycles. The van der Waals surface area contributed by atoms with Crippen LogP contribution < -0.4 is 33.2 Å². The first-order valence-electron chi connectivity index (χ1n) is 20.5. The van der Waals surface area contributed by atoms with Gasteiger partial charge in [0, 0.05) is 13.7 Å². The Labute approximate surface area is 371 Å². The number of ether oxygens (including phenoxy) is 8. The Morgan fingerprint density at radius 3 is 1.67 bits per heavy atom. The molecule has 336 valence electrons. The molecule has 1 N–H and O–H groups in total. The maximum absolute atomic E-state index is 12.4. The van der Waals surface area contributed by atoms with Crippen LogP contribution in [0.1, 0.15) is 48.9 Å². The van der Waals surface area contributed by atoms with Gasteiger partial charge in [0.2, 0.25) is 17.9 Å². The highest BCUT2D eigenvalue weighted by molar-refractivity contribution is 5.76. The molecule has 5 rings (SSSR count). The quantitative estimate of drug-likeness (QED) is 0.0712. The van der Waals surface area contributed by atoms with Crippen LogP contribution in [-0.4, -0.2) is 102 Å². The molecule has 0 aliphatic heterocycles. The molecule has 0 radical (unpaired) electrons. The van der Waals surface area contributed by atoms with Crippen molar-refractivity contribution in [1.29, 1.82) is 5.26 Å². The third kappa shape index (κ3) is 11.9. The Hall–Kier alpha value is -6.56. The molecule has 63 heavy (non-hydrogen) atoms. The van der Waals surface area contributed by atoms with E-state index in [1.54, 1.807) is 77.0 Å². The highest BCUT2D eigenvalue weighted by Gasteiger charge is 2.49. The summed E-state index contributed by atoms with van der Waals surface area (Å²) in [5, 5.41) is 20.4. The molecule has 1 unspecified atom stereocenters. The zero-order valence-corrected chi connectivity index (χ0v) is 37.9. The van der Waals surface area contributed by atoms with Crippen LogP contribution in [0.5, 0.6) is 40.8 Å². The normalized spacial score (nSPS) is 12.5. The standard InChI is InChI=1S/C27H38N2O4.C22H22N2O6/c1-20(2)27(19-28,22-10-12-24(31-5)26(18-22)33-7)14-8-15-29(3)16-13-21-9-11-23(30-4)25(17-21)32-6;1-27-17-14-18(28-2)24-21(23-17)30-19(20(25)26)22(29-3,15-10-6-4-7-11-15)16-12-8-5-9-13-16/h9-12,17-18,20H,8,13-16H2,1-7H3;4-14,19H,1-3H3,(H,25,26)/t;19-/m.1/s1. The number of nitriles is 1. The minimum atomic E-state index is -1.52. The second-order valence-corrected chi connectivity index (χ2v) is 14.9. The summed E-state index contributed by atoms with van der Waals surface area (Å²) in [5.74, 6) is 2.07. The Morgan fingerprint density at radius 2 is 1.21 bits per heavy atom. The van der Waals surface area contributed by atoms with Gasteiger partial charge in [-0.05, 0) is 85.3 Å². The number of aliphatic carboxylic acids is 1. The van der Waals surface area contributed by atoms with Gasteiger partial charge in [0.25, 0.3) is 0 Å². The van der Waals surface area contributed by atoms with Gasteiger partial charge >= 0.3 is 12.0 Å². The summed E-state index contributed by atoms with van der Waals surface area (Å²) in [6.07, 6.45) is 1.09. The molecule has 0 aliphatic rings. The van der Waals surface area contributed by atoms with E-state index in [0.29, 0.717) is 22.6 Å². The fourth-order valence-corrected chi connectivity index (χ4v) is 7.47. The lowest BCUT2D eigenvalue weighted by molar-refractivity contribution is -0.160. The average Bonchev–Trinajstić information content (AvgIpc) is 3.32. The number of methoxy groups -OCH3 is 7. The molecule has 2 atom stereocenters. The number of carboxylic acid groups (broad SMARTS) is 1. The molecule has 5 aromatic rings.